The third-order valence-electron chi connectivity index (χ3n) is 3.22. The van der Waals surface area contributed by atoms with E-state index in [2.05, 4.69) is 0 Å². The number of amides is 1. The number of aliphatic hydroxyl groups is 1. The van der Waals surface area contributed by atoms with E-state index in [1.807, 2.05) is 20.8 Å². The SMILES string of the molecule is CC(C)(C)OC(=O)N1CC([C@H](O)c2ccc(F)cc2)C1. The molecule has 1 atom stereocenters. The molecule has 2 rings (SSSR count). The second-order valence-electron chi connectivity index (χ2n) is 6.14. The highest BCUT2D eigenvalue weighted by Gasteiger charge is 2.38. The van der Waals surface area contributed by atoms with Crippen LogP contribution in [0.25, 0.3) is 0 Å². The molecule has 4 nitrogen and oxygen atoms in total. The fraction of sp³-hybridized carbons (Fsp3) is 0.533. The zero-order valence-electron chi connectivity index (χ0n) is 12.0. The van der Waals surface area contributed by atoms with E-state index in [0.717, 1.165) is 0 Å². The van der Waals surface area contributed by atoms with Gasteiger partial charge in [0.15, 0.2) is 0 Å². The second kappa shape index (κ2) is 5.40. The Labute approximate surface area is 118 Å². The molecule has 0 spiro atoms. The van der Waals surface area contributed by atoms with Crippen LogP contribution in [0.5, 0.6) is 0 Å². The van der Waals surface area contributed by atoms with Crippen LogP contribution in [0.1, 0.15) is 32.4 Å². The van der Waals surface area contributed by atoms with Gasteiger partial charge in [0.2, 0.25) is 0 Å². The first-order valence-electron chi connectivity index (χ1n) is 6.68. The summed E-state index contributed by atoms with van der Waals surface area (Å²) in [6, 6.07) is 5.78. The van der Waals surface area contributed by atoms with E-state index >= 15 is 0 Å². The molecule has 0 aromatic heterocycles. The molecule has 1 fully saturated rings. The van der Waals surface area contributed by atoms with E-state index in [0.29, 0.717) is 18.7 Å². The molecule has 0 radical (unpaired) electrons. The second-order valence-corrected chi connectivity index (χ2v) is 6.14. The molecular weight excluding hydrogens is 261 g/mol. The van der Waals surface area contributed by atoms with Gasteiger partial charge in [-0.1, -0.05) is 12.1 Å². The van der Waals surface area contributed by atoms with Gasteiger partial charge in [0.05, 0.1) is 6.10 Å². The van der Waals surface area contributed by atoms with Gasteiger partial charge in [-0.25, -0.2) is 9.18 Å². The summed E-state index contributed by atoms with van der Waals surface area (Å²) in [6.07, 6.45) is -1.05. The lowest BCUT2D eigenvalue weighted by atomic mass is 9.89. The Morgan fingerprint density at radius 3 is 2.40 bits per heavy atom. The summed E-state index contributed by atoms with van der Waals surface area (Å²) in [5.74, 6) is -0.363. The first kappa shape index (κ1) is 14.8. The monoisotopic (exact) mass is 281 g/mol. The van der Waals surface area contributed by atoms with E-state index in [9.17, 15) is 14.3 Å². The number of hydrogen-bond acceptors (Lipinski definition) is 3. The van der Waals surface area contributed by atoms with E-state index in [-0.39, 0.29) is 17.8 Å². The van der Waals surface area contributed by atoms with Crippen molar-refractivity contribution in [1.29, 1.82) is 0 Å². The number of rotatable bonds is 2. The van der Waals surface area contributed by atoms with Crippen LogP contribution in [0.3, 0.4) is 0 Å². The average Bonchev–Trinajstić information content (AvgIpc) is 2.25. The van der Waals surface area contributed by atoms with Crippen LogP contribution in [-0.2, 0) is 4.74 Å². The number of benzene rings is 1. The van der Waals surface area contributed by atoms with Crippen molar-refractivity contribution in [2.45, 2.75) is 32.5 Å². The van der Waals surface area contributed by atoms with Crippen molar-refractivity contribution in [2.75, 3.05) is 13.1 Å². The van der Waals surface area contributed by atoms with Gasteiger partial charge in [0, 0.05) is 19.0 Å². The number of ether oxygens (including phenoxy) is 1. The number of hydrogen-bond donors (Lipinski definition) is 1. The normalized spacial score (nSPS) is 17.6. The van der Waals surface area contributed by atoms with Crippen molar-refractivity contribution in [3.63, 3.8) is 0 Å². The minimum absolute atomic E-state index is 0.0343. The molecule has 1 saturated heterocycles. The van der Waals surface area contributed by atoms with Crippen LogP contribution >= 0.6 is 0 Å². The molecule has 1 aromatic carbocycles. The van der Waals surface area contributed by atoms with Crippen LogP contribution in [0.4, 0.5) is 9.18 Å². The molecule has 1 amide bonds. The number of halogens is 1. The van der Waals surface area contributed by atoms with E-state index in [1.165, 1.54) is 12.1 Å². The zero-order valence-corrected chi connectivity index (χ0v) is 12.0. The lowest BCUT2D eigenvalue weighted by Crippen LogP contribution is -2.53. The number of aliphatic hydroxyl groups excluding tert-OH is 1. The molecule has 0 aliphatic carbocycles. The molecule has 1 N–H and O–H groups in total. The van der Waals surface area contributed by atoms with Crippen LogP contribution in [0.2, 0.25) is 0 Å². The molecule has 1 aromatic rings. The molecular formula is C15H20FNO3. The largest absolute Gasteiger partial charge is 0.444 e. The molecule has 1 aliphatic heterocycles. The van der Waals surface area contributed by atoms with Crippen LogP contribution in [0.15, 0.2) is 24.3 Å². The first-order chi connectivity index (χ1) is 9.26. The predicted molar refractivity (Wildman–Crippen MR) is 72.7 cm³/mol. The minimum atomic E-state index is -0.686. The first-order valence-corrected chi connectivity index (χ1v) is 6.68. The summed E-state index contributed by atoms with van der Waals surface area (Å²) in [6.45, 7) is 6.35. The third-order valence-corrected chi connectivity index (χ3v) is 3.22. The lowest BCUT2D eigenvalue weighted by molar-refractivity contribution is -0.0314. The van der Waals surface area contributed by atoms with Gasteiger partial charge in [0.1, 0.15) is 11.4 Å². The van der Waals surface area contributed by atoms with E-state index in [4.69, 9.17) is 4.74 Å². The molecule has 1 aliphatic rings. The van der Waals surface area contributed by atoms with Gasteiger partial charge in [-0.05, 0) is 38.5 Å². The van der Waals surface area contributed by atoms with Crippen LogP contribution < -0.4 is 0 Å². The smallest absolute Gasteiger partial charge is 0.410 e. The molecule has 110 valence electrons. The van der Waals surface area contributed by atoms with Crippen molar-refractivity contribution in [2.24, 2.45) is 5.92 Å². The Morgan fingerprint density at radius 1 is 1.35 bits per heavy atom. The summed E-state index contributed by atoms with van der Waals surface area (Å²) in [7, 11) is 0. The van der Waals surface area contributed by atoms with Crippen molar-refractivity contribution in [3.8, 4) is 0 Å². The topological polar surface area (TPSA) is 49.8 Å². The molecule has 0 saturated carbocycles. The van der Waals surface area contributed by atoms with Gasteiger partial charge in [0.25, 0.3) is 0 Å². The highest BCUT2D eigenvalue weighted by Crippen LogP contribution is 2.30. The summed E-state index contributed by atoms with van der Waals surface area (Å²) >= 11 is 0. The molecule has 1 heterocycles. The molecule has 20 heavy (non-hydrogen) atoms. The Bertz CT molecular complexity index is 475. The standard InChI is InChI=1S/C15H20FNO3/c1-15(2,3)20-14(19)17-8-11(9-17)13(18)10-4-6-12(16)7-5-10/h4-7,11,13,18H,8-9H2,1-3H3/t13-/m1/s1. The Morgan fingerprint density at radius 2 is 1.90 bits per heavy atom. The Balaban J connectivity index is 1.87. The van der Waals surface area contributed by atoms with Crippen molar-refractivity contribution in [1.82, 2.24) is 4.90 Å². The highest BCUT2D eigenvalue weighted by atomic mass is 19.1. The van der Waals surface area contributed by atoms with E-state index < -0.39 is 11.7 Å². The van der Waals surface area contributed by atoms with E-state index in [1.54, 1.807) is 17.0 Å². The van der Waals surface area contributed by atoms with Crippen LogP contribution in [-0.4, -0.2) is 34.8 Å². The Kier molecular flexibility index (Phi) is 3.99. The summed E-state index contributed by atoms with van der Waals surface area (Å²) in [5, 5.41) is 10.2. The van der Waals surface area contributed by atoms with Gasteiger partial charge in [-0.3, -0.25) is 0 Å². The lowest BCUT2D eigenvalue weighted by Gasteiger charge is -2.42. The average molecular weight is 281 g/mol. The number of likely N-dealkylation sites (tertiary alicyclic amines) is 1. The maximum absolute atomic E-state index is 12.8. The maximum Gasteiger partial charge on any atom is 0.410 e. The number of nitrogens with zero attached hydrogens (tertiary/aromatic N) is 1. The third kappa shape index (κ3) is 3.48. The summed E-state index contributed by atoms with van der Waals surface area (Å²) in [5.41, 5.74) is 0.151. The van der Waals surface area contributed by atoms with Crippen molar-refractivity contribution >= 4 is 6.09 Å². The van der Waals surface area contributed by atoms with Gasteiger partial charge in [-0.2, -0.15) is 0 Å². The molecule has 0 unspecified atom stereocenters. The fourth-order valence-electron chi connectivity index (χ4n) is 2.12. The zero-order chi connectivity index (χ0) is 14.9. The number of carbonyl (C=O) groups excluding carboxylic acids is 1. The van der Waals surface area contributed by atoms with Crippen molar-refractivity contribution in [3.05, 3.63) is 35.6 Å². The van der Waals surface area contributed by atoms with Gasteiger partial charge in [-0.15, -0.1) is 0 Å². The highest BCUT2D eigenvalue weighted by molar-refractivity contribution is 5.69. The molecule has 0 bridgehead atoms. The fourth-order valence-corrected chi connectivity index (χ4v) is 2.12. The van der Waals surface area contributed by atoms with Gasteiger partial charge < -0.3 is 14.7 Å². The minimum Gasteiger partial charge on any atom is -0.444 e. The van der Waals surface area contributed by atoms with Gasteiger partial charge >= 0.3 is 6.09 Å². The number of carbonyl (C=O) groups is 1. The Hall–Kier alpha value is -1.62. The summed E-state index contributed by atoms with van der Waals surface area (Å²) < 4.78 is 18.1. The maximum atomic E-state index is 12.8. The molecule has 5 heteroatoms. The predicted octanol–water partition coefficient (Wildman–Crippen LogP) is 2.73. The summed E-state index contributed by atoms with van der Waals surface area (Å²) in [4.78, 5) is 13.3. The quantitative estimate of drug-likeness (QED) is 0.906. The van der Waals surface area contributed by atoms with Crippen molar-refractivity contribution < 1.29 is 19.0 Å². The van der Waals surface area contributed by atoms with Crippen LogP contribution in [0, 0.1) is 11.7 Å².